The van der Waals surface area contributed by atoms with Crippen LogP contribution in [0.2, 0.25) is 0 Å². The SMILES string of the molecule is O=C(NC1C2CCC(C2)C1CO)c1csc(Br)c1. The fourth-order valence-electron chi connectivity index (χ4n) is 3.56. The maximum Gasteiger partial charge on any atom is 0.252 e. The van der Waals surface area contributed by atoms with Crippen molar-refractivity contribution in [3.8, 4) is 0 Å². The van der Waals surface area contributed by atoms with Crippen LogP contribution in [0, 0.1) is 17.8 Å². The molecule has 0 spiro atoms. The molecule has 0 aromatic carbocycles. The maximum atomic E-state index is 12.1. The summed E-state index contributed by atoms with van der Waals surface area (Å²) in [4.78, 5) is 12.1. The van der Waals surface area contributed by atoms with E-state index in [1.807, 2.05) is 11.4 Å². The number of fused-ring (bicyclic) bond motifs is 2. The second-order valence-corrected chi connectivity index (χ2v) is 7.61. The van der Waals surface area contributed by atoms with Crippen molar-refractivity contribution in [2.75, 3.05) is 6.61 Å². The molecule has 0 radical (unpaired) electrons. The normalized spacial score (nSPS) is 33.9. The van der Waals surface area contributed by atoms with Crippen LogP contribution in [-0.4, -0.2) is 23.7 Å². The smallest absolute Gasteiger partial charge is 0.252 e. The van der Waals surface area contributed by atoms with Crippen LogP contribution >= 0.6 is 27.3 Å². The Morgan fingerprint density at radius 1 is 1.50 bits per heavy atom. The summed E-state index contributed by atoms with van der Waals surface area (Å²) >= 11 is 4.89. The van der Waals surface area contributed by atoms with Gasteiger partial charge in [0.05, 0.1) is 9.35 Å². The van der Waals surface area contributed by atoms with E-state index in [4.69, 9.17) is 0 Å². The molecule has 1 heterocycles. The van der Waals surface area contributed by atoms with E-state index < -0.39 is 0 Å². The molecule has 1 amide bonds. The molecule has 4 unspecified atom stereocenters. The lowest BCUT2D eigenvalue weighted by Gasteiger charge is -2.30. The quantitative estimate of drug-likeness (QED) is 0.895. The van der Waals surface area contributed by atoms with Crippen molar-refractivity contribution in [3.05, 3.63) is 20.8 Å². The van der Waals surface area contributed by atoms with E-state index in [0.29, 0.717) is 17.4 Å². The first-order valence-corrected chi connectivity index (χ1v) is 8.02. The summed E-state index contributed by atoms with van der Waals surface area (Å²) in [6, 6.07) is 2.01. The van der Waals surface area contributed by atoms with Gasteiger partial charge in [-0.3, -0.25) is 4.79 Å². The Balaban J connectivity index is 1.71. The van der Waals surface area contributed by atoms with Crippen LogP contribution < -0.4 is 5.32 Å². The van der Waals surface area contributed by atoms with Crippen LogP contribution in [0.1, 0.15) is 29.6 Å². The van der Waals surface area contributed by atoms with Gasteiger partial charge in [0.25, 0.3) is 5.91 Å². The molecule has 98 valence electrons. The van der Waals surface area contributed by atoms with E-state index in [1.54, 1.807) is 0 Å². The van der Waals surface area contributed by atoms with Gasteiger partial charge in [-0.25, -0.2) is 0 Å². The Hall–Kier alpha value is -0.390. The van der Waals surface area contributed by atoms with Crippen molar-refractivity contribution in [3.63, 3.8) is 0 Å². The molecule has 2 N–H and O–H groups in total. The van der Waals surface area contributed by atoms with Gasteiger partial charge in [-0.15, -0.1) is 11.3 Å². The summed E-state index contributed by atoms with van der Waals surface area (Å²) in [5, 5.41) is 14.5. The third-order valence-corrected chi connectivity index (χ3v) is 5.93. The van der Waals surface area contributed by atoms with E-state index in [9.17, 15) is 9.90 Å². The second kappa shape index (κ2) is 4.94. The summed E-state index contributed by atoms with van der Waals surface area (Å²) < 4.78 is 0.972. The average Bonchev–Trinajstić information content (AvgIpc) is 3.03. The molecule has 2 fully saturated rings. The van der Waals surface area contributed by atoms with Gasteiger partial charge >= 0.3 is 0 Å². The second-order valence-electron chi connectivity index (χ2n) is 5.32. The van der Waals surface area contributed by atoms with Gasteiger partial charge in [0.15, 0.2) is 0 Å². The van der Waals surface area contributed by atoms with Crippen molar-refractivity contribution in [2.24, 2.45) is 17.8 Å². The molecule has 1 aromatic rings. The number of aliphatic hydroxyl groups excluding tert-OH is 1. The van der Waals surface area contributed by atoms with Crippen molar-refractivity contribution >= 4 is 33.2 Å². The molecule has 3 rings (SSSR count). The van der Waals surface area contributed by atoms with E-state index in [-0.39, 0.29) is 24.5 Å². The number of thiophene rings is 1. The van der Waals surface area contributed by atoms with Gasteiger partial charge in [-0.1, -0.05) is 0 Å². The van der Waals surface area contributed by atoms with Crippen molar-refractivity contribution in [1.29, 1.82) is 0 Å². The lowest BCUT2D eigenvalue weighted by atomic mass is 9.85. The first kappa shape index (κ1) is 12.6. The monoisotopic (exact) mass is 329 g/mol. The minimum absolute atomic E-state index is 0.00653. The highest BCUT2D eigenvalue weighted by atomic mass is 79.9. The molecule has 0 saturated heterocycles. The number of hydrogen-bond donors (Lipinski definition) is 2. The summed E-state index contributed by atoms with van der Waals surface area (Å²) in [6.45, 7) is 0.194. The zero-order valence-electron chi connectivity index (χ0n) is 9.93. The Kier molecular flexibility index (Phi) is 3.47. The minimum Gasteiger partial charge on any atom is -0.396 e. The molecule has 3 nitrogen and oxygen atoms in total. The predicted molar refractivity (Wildman–Crippen MR) is 74.7 cm³/mol. The van der Waals surface area contributed by atoms with Crippen LogP contribution in [0.5, 0.6) is 0 Å². The maximum absolute atomic E-state index is 12.1. The first-order chi connectivity index (χ1) is 8.69. The standard InChI is InChI=1S/C13H16BrNO2S/c14-11-4-9(6-18-11)13(17)15-12-8-2-1-7(3-8)10(12)5-16/h4,6-8,10,12,16H,1-3,5H2,(H,15,17). The summed E-state index contributed by atoms with van der Waals surface area (Å²) in [7, 11) is 0. The van der Waals surface area contributed by atoms with Crippen LogP contribution in [0.25, 0.3) is 0 Å². The highest BCUT2D eigenvalue weighted by Gasteiger charge is 2.47. The average molecular weight is 330 g/mol. The molecule has 2 aliphatic carbocycles. The van der Waals surface area contributed by atoms with Gasteiger partial charge < -0.3 is 10.4 Å². The van der Waals surface area contributed by atoms with Gasteiger partial charge in [0, 0.05) is 23.9 Å². The fourth-order valence-corrected chi connectivity index (χ4v) is 4.70. The van der Waals surface area contributed by atoms with Gasteiger partial charge in [0.2, 0.25) is 0 Å². The van der Waals surface area contributed by atoms with Crippen molar-refractivity contribution < 1.29 is 9.90 Å². The number of carbonyl (C=O) groups is 1. The van der Waals surface area contributed by atoms with Gasteiger partial charge in [-0.05, 0) is 53.1 Å². The highest BCUT2D eigenvalue weighted by Crippen LogP contribution is 2.48. The molecule has 4 atom stereocenters. The zero-order chi connectivity index (χ0) is 12.7. The number of nitrogens with one attached hydrogen (secondary N) is 1. The number of carbonyl (C=O) groups excluding carboxylic acids is 1. The molecule has 18 heavy (non-hydrogen) atoms. The Bertz CT molecular complexity index is 462. The zero-order valence-corrected chi connectivity index (χ0v) is 12.3. The Labute approximate surface area is 119 Å². The predicted octanol–water partition coefficient (Wildman–Crippen LogP) is 2.65. The Morgan fingerprint density at radius 3 is 2.94 bits per heavy atom. The lowest BCUT2D eigenvalue weighted by molar-refractivity contribution is 0.0862. The molecule has 2 saturated carbocycles. The third-order valence-electron chi connectivity index (χ3n) is 4.43. The minimum atomic E-state index is -0.00653. The number of hydrogen-bond acceptors (Lipinski definition) is 3. The number of halogens is 1. The lowest BCUT2D eigenvalue weighted by Crippen LogP contribution is -2.45. The fraction of sp³-hybridized carbons (Fsp3) is 0.615. The van der Waals surface area contributed by atoms with E-state index in [1.165, 1.54) is 30.6 Å². The molecule has 1 aromatic heterocycles. The topological polar surface area (TPSA) is 49.3 Å². The van der Waals surface area contributed by atoms with Gasteiger partial charge in [-0.2, -0.15) is 0 Å². The van der Waals surface area contributed by atoms with Crippen LogP contribution in [0.4, 0.5) is 0 Å². The largest absolute Gasteiger partial charge is 0.396 e. The van der Waals surface area contributed by atoms with Gasteiger partial charge in [0.1, 0.15) is 0 Å². The van der Waals surface area contributed by atoms with E-state index >= 15 is 0 Å². The molecule has 5 heteroatoms. The third kappa shape index (κ3) is 2.12. The Morgan fingerprint density at radius 2 is 2.28 bits per heavy atom. The first-order valence-electron chi connectivity index (χ1n) is 6.35. The molecule has 2 bridgehead atoms. The highest BCUT2D eigenvalue weighted by molar-refractivity contribution is 9.11. The summed E-state index contributed by atoms with van der Waals surface area (Å²) in [5.74, 6) is 1.43. The van der Waals surface area contributed by atoms with Crippen LogP contribution in [0.3, 0.4) is 0 Å². The number of aliphatic hydroxyl groups is 1. The van der Waals surface area contributed by atoms with E-state index in [0.717, 1.165) is 3.79 Å². The molecular weight excluding hydrogens is 314 g/mol. The summed E-state index contributed by atoms with van der Waals surface area (Å²) in [6.07, 6.45) is 3.58. The molecular formula is C13H16BrNO2S. The molecule has 2 aliphatic rings. The van der Waals surface area contributed by atoms with E-state index in [2.05, 4.69) is 21.2 Å². The van der Waals surface area contributed by atoms with Crippen molar-refractivity contribution in [1.82, 2.24) is 5.32 Å². The van der Waals surface area contributed by atoms with Crippen LogP contribution in [-0.2, 0) is 0 Å². The number of rotatable bonds is 3. The van der Waals surface area contributed by atoms with Crippen LogP contribution in [0.15, 0.2) is 15.2 Å². The summed E-state index contributed by atoms with van der Waals surface area (Å²) in [5.41, 5.74) is 0.714. The van der Waals surface area contributed by atoms with Crippen molar-refractivity contribution in [2.45, 2.75) is 25.3 Å². The molecule has 0 aliphatic heterocycles. The number of amides is 1.